The number of hydrogen-bond acceptors (Lipinski definition) is 4. The minimum absolute atomic E-state index is 0.0182. The normalized spacial score (nSPS) is 21.8. The maximum absolute atomic E-state index is 11.0. The summed E-state index contributed by atoms with van der Waals surface area (Å²) in [5.41, 5.74) is 2.15. The van der Waals surface area contributed by atoms with Crippen LogP contribution in [-0.2, 0) is 9.59 Å². The molecule has 1 aliphatic rings. The maximum atomic E-state index is 11.0. The third-order valence-corrected chi connectivity index (χ3v) is 5.74. The quantitative estimate of drug-likeness (QED) is 0.245. The van der Waals surface area contributed by atoms with Crippen molar-refractivity contribution in [1.82, 2.24) is 5.43 Å². The second-order valence-corrected chi connectivity index (χ2v) is 7.26. The molecular weight excluding hydrogens is 372 g/mol. The average Bonchev–Trinajstić information content (AvgIpc) is 2.44. The first kappa shape index (κ1) is 20.7. The summed E-state index contributed by atoms with van der Waals surface area (Å²) in [6.45, 7) is 0. The summed E-state index contributed by atoms with van der Waals surface area (Å²) in [4.78, 5) is 30.5. The molecule has 0 saturated heterocycles. The van der Waals surface area contributed by atoms with Gasteiger partial charge in [-0.3, -0.25) is 0 Å². The number of halogens is 3. The van der Waals surface area contributed by atoms with Gasteiger partial charge in [0, 0.05) is 0 Å². The van der Waals surface area contributed by atoms with Gasteiger partial charge >= 0.3 is 107 Å². The zero-order valence-corrected chi connectivity index (χ0v) is 13.6. The van der Waals surface area contributed by atoms with Gasteiger partial charge in [-0.1, -0.05) is 0 Å². The van der Waals surface area contributed by atoms with E-state index in [2.05, 4.69) is 5.43 Å². The van der Waals surface area contributed by atoms with Crippen molar-refractivity contribution >= 4 is 32.4 Å². The van der Waals surface area contributed by atoms with Gasteiger partial charge in [0.2, 0.25) is 0 Å². The van der Waals surface area contributed by atoms with Crippen molar-refractivity contribution in [3.8, 4) is 0 Å². The van der Waals surface area contributed by atoms with E-state index in [1.165, 1.54) is 0 Å². The fourth-order valence-corrected chi connectivity index (χ4v) is 3.97. The monoisotopic (exact) mass is 390 g/mol. The number of aliphatic carboxylic acids is 2. The molecule has 0 bridgehead atoms. The molecule has 0 aromatic rings. The SMILES string of the molecule is NNC(=O)[AsH]CC1CCC(C(=O)O)CC1.O=C(O)C(F)(F)F. The Bertz CT molecular complexity index is 398. The number of carboxylic acids is 2. The summed E-state index contributed by atoms with van der Waals surface area (Å²) in [5, 5.41) is 16.9. The summed E-state index contributed by atoms with van der Waals surface area (Å²) < 4.78 is 31.7. The van der Waals surface area contributed by atoms with Crippen molar-refractivity contribution in [2.45, 2.75) is 37.1 Å². The first-order valence-corrected chi connectivity index (χ1v) is 8.88. The Balaban J connectivity index is 0.000000534. The fourth-order valence-electron chi connectivity index (χ4n) is 1.90. The van der Waals surface area contributed by atoms with Crippen LogP contribution in [0.4, 0.5) is 18.0 Å². The summed E-state index contributed by atoms with van der Waals surface area (Å²) in [7, 11) is 0. The van der Waals surface area contributed by atoms with E-state index in [9.17, 15) is 22.8 Å². The minimum Gasteiger partial charge on any atom is -0.475 e. The van der Waals surface area contributed by atoms with E-state index in [1.54, 1.807) is 0 Å². The van der Waals surface area contributed by atoms with Crippen LogP contribution < -0.4 is 11.3 Å². The number of carboxylic acid groups (broad SMARTS) is 2. The molecule has 0 radical (unpaired) electrons. The van der Waals surface area contributed by atoms with E-state index in [0.29, 0.717) is 5.92 Å². The second-order valence-electron chi connectivity index (χ2n) is 4.71. The number of hydrogen-bond donors (Lipinski definition) is 4. The predicted molar refractivity (Wildman–Crippen MR) is 71.4 cm³/mol. The molecule has 128 valence electrons. The van der Waals surface area contributed by atoms with Gasteiger partial charge in [-0.25, -0.2) is 4.79 Å². The van der Waals surface area contributed by atoms with Crippen LogP contribution in [0, 0.1) is 11.8 Å². The Morgan fingerprint density at radius 3 is 1.91 bits per heavy atom. The van der Waals surface area contributed by atoms with Crippen molar-refractivity contribution in [3.63, 3.8) is 0 Å². The molecule has 1 aliphatic carbocycles. The molecule has 0 heterocycles. The van der Waals surface area contributed by atoms with Crippen LogP contribution in [0.25, 0.3) is 0 Å². The van der Waals surface area contributed by atoms with Crippen LogP contribution in [0.1, 0.15) is 25.7 Å². The molecule has 7 nitrogen and oxygen atoms in total. The molecule has 1 amide bonds. The molecule has 0 aliphatic heterocycles. The van der Waals surface area contributed by atoms with Gasteiger partial charge in [-0.05, 0) is 0 Å². The number of nitrogens with two attached hydrogens (primary N) is 1. The molecule has 0 aromatic carbocycles. The van der Waals surface area contributed by atoms with E-state index in [1.807, 2.05) is 0 Å². The minimum atomic E-state index is -5.08. The maximum Gasteiger partial charge on any atom is 0.490 e. The molecule has 1 saturated carbocycles. The Hall–Kier alpha value is -1.28. The summed E-state index contributed by atoms with van der Waals surface area (Å²) in [6, 6.07) is 0. The van der Waals surface area contributed by atoms with Crippen molar-refractivity contribution in [1.29, 1.82) is 0 Å². The smallest absolute Gasteiger partial charge is 0.475 e. The number of carbonyl (C=O) groups excluding carboxylic acids is 1. The van der Waals surface area contributed by atoms with Crippen LogP contribution in [0.2, 0.25) is 5.21 Å². The fraction of sp³-hybridized carbons (Fsp3) is 0.727. The number of nitrogens with one attached hydrogen (secondary N) is 1. The van der Waals surface area contributed by atoms with Gasteiger partial charge in [0.15, 0.2) is 0 Å². The van der Waals surface area contributed by atoms with Crippen LogP contribution in [0.3, 0.4) is 0 Å². The molecule has 1 fully saturated rings. The molecule has 1 unspecified atom stereocenters. The molecule has 0 aromatic heterocycles. The van der Waals surface area contributed by atoms with Crippen LogP contribution in [-0.4, -0.2) is 48.8 Å². The molecule has 0 spiro atoms. The Morgan fingerprint density at radius 1 is 1.14 bits per heavy atom. The van der Waals surface area contributed by atoms with Gasteiger partial charge in [0.25, 0.3) is 0 Å². The van der Waals surface area contributed by atoms with Crippen molar-refractivity contribution < 1.29 is 37.8 Å². The molecule has 1 rings (SSSR count). The molecular formula is C11H18AsF3N2O5. The van der Waals surface area contributed by atoms with Gasteiger partial charge in [0.05, 0.1) is 0 Å². The standard InChI is InChI=1S/C9H17AsN2O3.C2HF3O2/c11-12-9(15)10-5-6-1-3-7(4-2-6)8(13)14;3-2(4,5)1(6)7/h6-7,10H,1-5,11H2,(H,12,15)(H,13,14);(H,6,7). The summed E-state index contributed by atoms with van der Waals surface area (Å²) in [6.07, 6.45) is -1.68. The number of rotatable bonds is 4. The Morgan fingerprint density at radius 2 is 1.59 bits per heavy atom. The van der Waals surface area contributed by atoms with Gasteiger partial charge in [-0.15, -0.1) is 0 Å². The Labute approximate surface area is 131 Å². The van der Waals surface area contributed by atoms with E-state index < -0.39 is 33.9 Å². The summed E-state index contributed by atoms with van der Waals surface area (Å²) >= 11 is -0.647. The zero-order chi connectivity index (χ0) is 17.3. The topological polar surface area (TPSA) is 130 Å². The van der Waals surface area contributed by atoms with Gasteiger partial charge < -0.3 is 5.11 Å². The zero-order valence-electron chi connectivity index (χ0n) is 11.5. The number of carbonyl (C=O) groups is 3. The second kappa shape index (κ2) is 9.68. The molecule has 5 N–H and O–H groups in total. The van der Waals surface area contributed by atoms with Gasteiger partial charge in [-0.2, -0.15) is 13.2 Å². The van der Waals surface area contributed by atoms with Crippen molar-refractivity contribution in [2.24, 2.45) is 17.7 Å². The first-order valence-electron chi connectivity index (χ1n) is 6.35. The molecule has 11 heteroatoms. The number of hydrazine groups is 1. The average molecular weight is 390 g/mol. The van der Waals surface area contributed by atoms with E-state index in [4.69, 9.17) is 20.9 Å². The molecule has 22 heavy (non-hydrogen) atoms. The Kier molecular flexibility index (Phi) is 9.11. The van der Waals surface area contributed by atoms with Crippen molar-refractivity contribution in [3.05, 3.63) is 0 Å². The van der Waals surface area contributed by atoms with Crippen LogP contribution >= 0.6 is 0 Å². The summed E-state index contributed by atoms with van der Waals surface area (Å²) in [5.74, 6) is 1.95. The van der Waals surface area contributed by atoms with E-state index in [0.717, 1.165) is 30.9 Å². The molecule has 1 atom stereocenters. The number of amides is 1. The first-order chi connectivity index (χ1) is 10.1. The largest absolute Gasteiger partial charge is 0.490 e. The third kappa shape index (κ3) is 8.88. The predicted octanol–water partition coefficient (Wildman–Crippen LogP) is 0.949. The number of alkyl halides is 3. The van der Waals surface area contributed by atoms with Gasteiger partial charge in [0.1, 0.15) is 0 Å². The van der Waals surface area contributed by atoms with E-state index >= 15 is 0 Å². The van der Waals surface area contributed by atoms with Crippen LogP contribution in [0.15, 0.2) is 0 Å². The third-order valence-electron chi connectivity index (χ3n) is 3.12. The van der Waals surface area contributed by atoms with Crippen molar-refractivity contribution in [2.75, 3.05) is 0 Å². The van der Waals surface area contributed by atoms with E-state index in [-0.39, 0.29) is 10.6 Å². The van der Waals surface area contributed by atoms with Crippen LogP contribution in [0.5, 0.6) is 0 Å².